The van der Waals surface area contributed by atoms with Gasteiger partial charge in [-0.15, -0.1) is 5.10 Å². The van der Waals surface area contributed by atoms with E-state index in [0.29, 0.717) is 5.69 Å². The summed E-state index contributed by atoms with van der Waals surface area (Å²) in [4.78, 5) is 0.276. The standard InChI is InChI=1S/C11H14BN3O4S/c16-12(17)9-15-8-10(13-14-15)6-7-20(18,19)11-4-2-1-3-5-11/h1-5,8,16-17H,6-7,9H2. The minimum Gasteiger partial charge on any atom is -0.426 e. The molecule has 2 rings (SSSR count). The molecule has 7 nitrogen and oxygen atoms in total. The molecule has 0 spiro atoms. The highest BCUT2D eigenvalue weighted by Crippen LogP contribution is 2.11. The fourth-order valence-corrected chi connectivity index (χ4v) is 2.98. The van der Waals surface area contributed by atoms with Crippen LogP contribution >= 0.6 is 0 Å². The van der Waals surface area contributed by atoms with Crippen molar-refractivity contribution in [1.29, 1.82) is 0 Å². The molecule has 0 aliphatic heterocycles. The molecule has 0 atom stereocenters. The van der Waals surface area contributed by atoms with E-state index in [2.05, 4.69) is 10.3 Å². The van der Waals surface area contributed by atoms with Crippen molar-refractivity contribution in [2.24, 2.45) is 0 Å². The molecule has 1 aromatic heterocycles. The average Bonchev–Trinajstić information content (AvgIpc) is 2.84. The van der Waals surface area contributed by atoms with Gasteiger partial charge in [-0.25, -0.2) is 8.42 Å². The van der Waals surface area contributed by atoms with Gasteiger partial charge in [0.2, 0.25) is 0 Å². The predicted molar refractivity (Wildman–Crippen MR) is 72.4 cm³/mol. The highest BCUT2D eigenvalue weighted by atomic mass is 32.2. The third-order valence-corrected chi connectivity index (χ3v) is 4.40. The van der Waals surface area contributed by atoms with Crippen LogP contribution in [0.5, 0.6) is 0 Å². The van der Waals surface area contributed by atoms with Crippen LogP contribution in [0.3, 0.4) is 0 Å². The monoisotopic (exact) mass is 295 g/mol. The second kappa shape index (κ2) is 6.16. The molecule has 0 fully saturated rings. The zero-order valence-corrected chi connectivity index (χ0v) is 11.4. The van der Waals surface area contributed by atoms with Crippen LogP contribution in [0.4, 0.5) is 0 Å². The minimum absolute atomic E-state index is 0.0720. The van der Waals surface area contributed by atoms with Crippen molar-refractivity contribution in [2.75, 3.05) is 5.75 Å². The lowest BCUT2D eigenvalue weighted by Gasteiger charge is -2.02. The number of benzene rings is 1. The van der Waals surface area contributed by atoms with Gasteiger partial charge in [-0.05, 0) is 12.1 Å². The Morgan fingerprint density at radius 3 is 2.55 bits per heavy atom. The molecule has 2 N–H and O–H groups in total. The Balaban J connectivity index is 2.00. The van der Waals surface area contributed by atoms with Crippen molar-refractivity contribution in [1.82, 2.24) is 15.0 Å². The lowest BCUT2D eigenvalue weighted by atomic mass is 9.93. The molecule has 0 radical (unpaired) electrons. The lowest BCUT2D eigenvalue weighted by Crippen LogP contribution is -2.20. The van der Waals surface area contributed by atoms with Crippen LogP contribution in [0.15, 0.2) is 41.4 Å². The van der Waals surface area contributed by atoms with Gasteiger partial charge in [0.05, 0.1) is 22.8 Å². The van der Waals surface area contributed by atoms with Crippen LogP contribution in [0.25, 0.3) is 0 Å². The Labute approximate surface area is 116 Å². The number of sulfone groups is 1. The maximum absolute atomic E-state index is 12.1. The van der Waals surface area contributed by atoms with E-state index in [0.717, 1.165) is 0 Å². The summed E-state index contributed by atoms with van der Waals surface area (Å²) < 4.78 is 25.4. The molecule has 2 aromatic rings. The molecule has 0 aliphatic carbocycles. The molecule has 0 unspecified atom stereocenters. The molecule has 0 aliphatic rings. The van der Waals surface area contributed by atoms with E-state index >= 15 is 0 Å². The van der Waals surface area contributed by atoms with Gasteiger partial charge in [0.1, 0.15) is 0 Å². The van der Waals surface area contributed by atoms with Crippen molar-refractivity contribution in [3.05, 3.63) is 42.2 Å². The number of aromatic nitrogens is 3. The predicted octanol–water partition coefficient (Wildman–Crippen LogP) is -0.694. The second-order valence-corrected chi connectivity index (χ2v) is 6.40. The van der Waals surface area contributed by atoms with Crippen molar-refractivity contribution in [3.63, 3.8) is 0 Å². The van der Waals surface area contributed by atoms with Gasteiger partial charge in [0, 0.05) is 12.6 Å². The molecule has 1 heterocycles. The van der Waals surface area contributed by atoms with Crippen molar-refractivity contribution in [3.8, 4) is 0 Å². The van der Waals surface area contributed by atoms with Gasteiger partial charge < -0.3 is 10.0 Å². The maximum Gasteiger partial charge on any atom is 0.474 e. The highest BCUT2D eigenvalue weighted by Gasteiger charge is 2.15. The van der Waals surface area contributed by atoms with Gasteiger partial charge in [-0.2, -0.15) is 0 Å². The summed E-state index contributed by atoms with van der Waals surface area (Å²) in [6, 6.07) is 8.20. The van der Waals surface area contributed by atoms with Crippen LogP contribution in [-0.4, -0.2) is 46.3 Å². The molecule has 0 saturated carbocycles. The van der Waals surface area contributed by atoms with Gasteiger partial charge in [-0.3, -0.25) is 4.68 Å². The first kappa shape index (κ1) is 14.7. The largest absolute Gasteiger partial charge is 0.474 e. The zero-order valence-electron chi connectivity index (χ0n) is 10.6. The van der Waals surface area contributed by atoms with Crippen molar-refractivity contribution >= 4 is 17.0 Å². The topological polar surface area (TPSA) is 105 Å². The van der Waals surface area contributed by atoms with Gasteiger partial charge >= 0.3 is 7.12 Å². The van der Waals surface area contributed by atoms with E-state index in [4.69, 9.17) is 10.0 Å². The highest BCUT2D eigenvalue weighted by molar-refractivity contribution is 7.91. The number of hydrogen-bond acceptors (Lipinski definition) is 6. The fourth-order valence-electron chi connectivity index (χ4n) is 1.69. The molecule has 20 heavy (non-hydrogen) atoms. The molecule has 9 heteroatoms. The second-order valence-electron chi connectivity index (χ2n) is 4.29. The van der Waals surface area contributed by atoms with E-state index in [9.17, 15) is 8.42 Å². The quantitative estimate of drug-likeness (QED) is 0.683. The van der Waals surface area contributed by atoms with Gasteiger partial charge in [0.15, 0.2) is 9.84 Å². The molecule has 0 amide bonds. The summed E-state index contributed by atoms with van der Waals surface area (Å²) >= 11 is 0. The molecular formula is C11H14BN3O4S. The zero-order chi connectivity index (χ0) is 14.6. The normalized spacial score (nSPS) is 11.5. The average molecular weight is 295 g/mol. The van der Waals surface area contributed by atoms with E-state index < -0.39 is 17.0 Å². The summed E-state index contributed by atoms with van der Waals surface area (Å²) in [6.07, 6.45) is 1.62. The lowest BCUT2D eigenvalue weighted by molar-refractivity contribution is 0.386. The SMILES string of the molecule is O=S(=O)(CCc1cn(CB(O)O)nn1)c1ccccc1. The van der Waals surface area contributed by atoms with E-state index in [1.807, 2.05) is 0 Å². The van der Waals surface area contributed by atoms with Gasteiger partial charge in [0.25, 0.3) is 0 Å². The molecule has 106 valence electrons. The molecular weight excluding hydrogens is 281 g/mol. The maximum atomic E-state index is 12.1. The van der Waals surface area contributed by atoms with Gasteiger partial charge in [-0.1, -0.05) is 23.4 Å². The summed E-state index contributed by atoms with van der Waals surface area (Å²) in [6.45, 7) is 0. The summed E-state index contributed by atoms with van der Waals surface area (Å²) in [5.41, 5.74) is 0.491. The van der Waals surface area contributed by atoms with E-state index in [-0.39, 0.29) is 23.5 Å². The Hall–Kier alpha value is -1.71. The van der Waals surface area contributed by atoms with Crippen LogP contribution in [0.2, 0.25) is 0 Å². The first-order valence-corrected chi connectivity index (χ1v) is 7.65. The minimum atomic E-state index is -3.35. The first-order chi connectivity index (χ1) is 9.47. The summed E-state index contributed by atoms with van der Waals surface area (Å²) in [5.74, 6) is -0.0720. The summed E-state index contributed by atoms with van der Waals surface area (Å²) in [7, 11) is -4.86. The van der Waals surface area contributed by atoms with Crippen molar-refractivity contribution < 1.29 is 18.5 Å². The molecule has 1 aromatic carbocycles. The van der Waals surface area contributed by atoms with Crippen LogP contribution in [0.1, 0.15) is 5.69 Å². The molecule has 0 bridgehead atoms. The van der Waals surface area contributed by atoms with E-state index in [1.165, 1.54) is 10.9 Å². The Morgan fingerprint density at radius 1 is 1.20 bits per heavy atom. The number of hydrogen-bond donors (Lipinski definition) is 2. The third kappa shape index (κ3) is 3.89. The summed E-state index contributed by atoms with van der Waals surface area (Å²) in [5, 5.41) is 25.1. The molecule has 0 saturated heterocycles. The fraction of sp³-hybridized carbons (Fsp3) is 0.273. The number of rotatable bonds is 6. The third-order valence-electron chi connectivity index (χ3n) is 2.67. The Bertz CT molecular complexity index is 657. The Kier molecular flexibility index (Phi) is 4.53. The van der Waals surface area contributed by atoms with Crippen LogP contribution in [0, 0.1) is 0 Å². The smallest absolute Gasteiger partial charge is 0.426 e. The number of aryl methyl sites for hydroxylation is 1. The van der Waals surface area contributed by atoms with E-state index in [1.54, 1.807) is 30.3 Å². The Morgan fingerprint density at radius 2 is 1.90 bits per heavy atom. The first-order valence-electron chi connectivity index (χ1n) is 6.00. The number of nitrogens with zero attached hydrogens (tertiary/aromatic N) is 3. The van der Waals surface area contributed by atoms with Crippen molar-refractivity contribution in [2.45, 2.75) is 17.8 Å². The van der Waals surface area contributed by atoms with Crippen LogP contribution < -0.4 is 0 Å². The van der Waals surface area contributed by atoms with Crippen LogP contribution in [-0.2, 0) is 22.7 Å².